The van der Waals surface area contributed by atoms with Crippen LogP contribution in [0, 0.1) is 11.7 Å². The van der Waals surface area contributed by atoms with Crippen molar-refractivity contribution in [1.29, 1.82) is 0 Å². The van der Waals surface area contributed by atoms with Gasteiger partial charge in [0.1, 0.15) is 0 Å². The van der Waals surface area contributed by atoms with Gasteiger partial charge in [-0.2, -0.15) is 0 Å². The third-order valence-corrected chi connectivity index (χ3v) is 3.23. The van der Waals surface area contributed by atoms with Crippen LogP contribution in [0.25, 0.3) is 0 Å². The number of anilines is 2. The largest absolute Gasteiger partial charge is 0.491 e. The molecule has 19 heavy (non-hydrogen) atoms. The lowest BCUT2D eigenvalue weighted by Gasteiger charge is -2.29. The molecule has 4 heteroatoms. The number of hydrogen-bond donors (Lipinski definition) is 1. The smallest absolute Gasteiger partial charge is 0.167 e. The molecular formula is C15H25FN2O. The predicted molar refractivity (Wildman–Crippen MR) is 79.3 cm³/mol. The quantitative estimate of drug-likeness (QED) is 0.800. The summed E-state index contributed by atoms with van der Waals surface area (Å²) >= 11 is 0. The molecule has 0 fully saturated rings. The monoisotopic (exact) mass is 268 g/mol. The van der Waals surface area contributed by atoms with Crippen molar-refractivity contribution >= 4 is 11.4 Å². The summed E-state index contributed by atoms with van der Waals surface area (Å²) in [6.07, 6.45) is 1.05. The average molecular weight is 268 g/mol. The summed E-state index contributed by atoms with van der Waals surface area (Å²) in [6, 6.07) is 3.35. The van der Waals surface area contributed by atoms with Gasteiger partial charge in [-0.3, -0.25) is 0 Å². The van der Waals surface area contributed by atoms with Gasteiger partial charge >= 0.3 is 0 Å². The van der Waals surface area contributed by atoms with Gasteiger partial charge in [0, 0.05) is 25.2 Å². The SMILES string of the molecule is CCOc1cc(N(C)C(C)CC(C)C)c(N)cc1F. The lowest BCUT2D eigenvalue weighted by atomic mass is 10.0. The van der Waals surface area contributed by atoms with Gasteiger partial charge in [-0.25, -0.2) is 4.39 Å². The summed E-state index contributed by atoms with van der Waals surface area (Å²) in [7, 11) is 1.98. The zero-order valence-electron chi connectivity index (χ0n) is 12.5. The topological polar surface area (TPSA) is 38.5 Å². The average Bonchev–Trinajstić information content (AvgIpc) is 2.31. The van der Waals surface area contributed by atoms with Crippen molar-refractivity contribution in [2.24, 2.45) is 5.92 Å². The first-order valence-electron chi connectivity index (χ1n) is 6.81. The minimum atomic E-state index is -0.409. The Hall–Kier alpha value is -1.45. The molecule has 1 unspecified atom stereocenters. The Bertz CT molecular complexity index is 421. The third-order valence-electron chi connectivity index (χ3n) is 3.23. The van der Waals surface area contributed by atoms with E-state index in [1.807, 2.05) is 14.0 Å². The second-order valence-electron chi connectivity index (χ2n) is 5.36. The Morgan fingerprint density at radius 3 is 2.47 bits per heavy atom. The van der Waals surface area contributed by atoms with Crippen LogP contribution >= 0.6 is 0 Å². The van der Waals surface area contributed by atoms with Crippen molar-refractivity contribution in [2.45, 2.75) is 40.2 Å². The normalized spacial score (nSPS) is 12.6. The molecule has 2 N–H and O–H groups in total. The molecule has 108 valence electrons. The summed E-state index contributed by atoms with van der Waals surface area (Å²) in [6.45, 7) is 8.78. The van der Waals surface area contributed by atoms with Crippen LogP contribution in [0.2, 0.25) is 0 Å². The summed E-state index contributed by atoms with van der Waals surface area (Å²) in [5.41, 5.74) is 7.18. The Balaban J connectivity index is 3.01. The number of nitrogen functional groups attached to an aromatic ring is 1. The summed E-state index contributed by atoms with van der Waals surface area (Å²) in [5, 5.41) is 0. The maximum Gasteiger partial charge on any atom is 0.167 e. The van der Waals surface area contributed by atoms with Crippen molar-refractivity contribution in [1.82, 2.24) is 0 Å². The van der Waals surface area contributed by atoms with E-state index in [1.165, 1.54) is 6.07 Å². The molecule has 3 nitrogen and oxygen atoms in total. The minimum absolute atomic E-state index is 0.260. The number of rotatable bonds is 6. The number of nitrogens with two attached hydrogens (primary N) is 1. The van der Waals surface area contributed by atoms with E-state index in [0.717, 1.165) is 12.1 Å². The number of halogens is 1. The molecule has 1 atom stereocenters. The highest BCUT2D eigenvalue weighted by Gasteiger charge is 2.17. The Kier molecular flexibility index (Phi) is 5.45. The van der Waals surface area contributed by atoms with E-state index in [2.05, 4.69) is 25.7 Å². The fraction of sp³-hybridized carbons (Fsp3) is 0.600. The highest BCUT2D eigenvalue weighted by Crippen LogP contribution is 2.32. The van der Waals surface area contributed by atoms with Crippen molar-refractivity contribution < 1.29 is 9.13 Å². The molecule has 0 radical (unpaired) electrons. The molecule has 0 heterocycles. The van der Waals surface area contributed by atoms with Crippen molar-refractivity contribution in [3.05, 3.63) is 17.9 Å². The van der Waals surface area contributed by atoms with E-state index in [1.54, 1.807) is 6.07 Å². The molecule has 0 aromatic heterocycles. The molecule has 1 aromatic carbocycles. The minimum Gasteiger partial charge on any atom is -0.491 e. The number of benzene rings is 1. The fourth-order valence-electron chi connectivity index (χ4n) is 2.21. The molecule has 0 bridgehead atoms. The fourth-order valence-corrected chi connectivity index (χ4v) is 2.21. The third kappa shape index (κ3) is 4.01. The second-order valence-corrected chi connectivity index (χ2v) is 5.36. The maximum absolute atomic E-state index is 13.7. The Morgan fingerprint density at radius 1 is 1.32 bits per heavy atom. The van der Waals surface area contributed by atoms with Crippen LogP contribution in [-0.2, 0) is 0 Å². The molecular weight excluding hydrogens is 243 g/mol. The molecule has 1 rings (SSSR count). The van der Waals surface area contributed by atoms with Crippen LogP contribution in [-0.4, -0.2) is 19.7 Å². The molecule has 0 aliphatic rings. The second kappa shape index (κ2) is 6.64. The van der Waals surface area contributed by atoms with E-state index in [-0.39, 0.29) is 5.75 Å². The van der Waals surface area contributed by atoms with Gasteiger partial charge in [0.15, 0.2) is 11.6 Å². The van der Waals surface area contributed by atoms with Gasteiger partial charge in [-0.05, 0) is 26.2 Å². The number of ether oxygens (including phenoxy) is 1. The Morgan fingerprint density at radius 2 is 1.95 bits per heavy atom. The van der Waals surface area contributed by atoms with Gasteiger partial charge in [-0.15, -0.1) is 0 Å². The van der Waals surface area contributed by atoms with Gasteiger partial charge < -0.3 is 15.4 Å². The molecule has 0 saturated carbocycles. The summed E-state index contributed by atoms with van der Waals surface area (Å²) in [5.74, 6) is 0.453. The van der Waals surface area contributed by atoms with E-state index >= 15 is 0 Å². The van der Waals surface area contributed by atoms with Crippen LogP contribution in [0.4, 0.5) is 15.8 Å². The number of hydrogen-bond acceptors (Lipinski definition) is 3. The van der Waals surface area contributed by atoms with Crippen LogP contribution in [0.1, 0.15) is 34.1 Å². The van der Waals surface area contributed by atoms with Crippen LogP contribution in [0.3, 0.4) is 0 Å². The molecule has 0 saturated heterocycles. The van der Waals surface area contributed by atoms with E-state index in [9.17, 15) is 4.39 Å². The maximum atomic E-state index is 13.7. The lowest BCUT2D eigenvalue weighted by molar-refractivity contribution is 0.321. The lowest BCUT2D eigenvalue weighted by Crippen LogP contribution is -2.30. The first kappa shape index (κ1) is 15.6. The van der Waals surface area contributed by atoms with Crippen LogP contribution < -0.4 is 15.4 Å². The van der Waals surface area contributed by atoms with Crippen molar-refractivity contribution in [3.8, 4) is 5.75 Å². The molecule has 0 amide bonds. The van der Waals surface area contributed by atoms with Crippen LogP contribution in [0.15, 0.2) is 12.1 Å². The van der Waals surface area contributed by atoms with Gasteiger partial charge in [0.05, 0.1) is 18.0 Å². The highest BCUT2D eigenvalue weighted by atomic mass is 19.1. The zero-order chi connectivity index (χ0) is 14.6. The van der Waals surface area contributed by atoms with Gasteiger partial charge in [0.25, 0.3) is 0 Å². The summed E-state index contributed by atoms with van der Waals surface area (Å²) in [4.78, 5) is 2.08. The highest BCUT2D eigenvalue weighted by molar-refractivity contribution is 5.70. The van der Waals surface area contributed by atoms with Crippen molar-refractivity contribution in [3.63, 3.8) is 0 Å². The van der Waals surface area contributed by atoms with Crippen LogP contribution in [0.5, 0.6) is 5.75 Å². The Labute approximate surface area is 115 Å². The van der Waals surface area contributed by atoms with Gasteiger partial charge in [-0.1, -0.05) is 13.8 Å². The van der Waals surface area contributed by atoms with E-state index < -0.39 is 5.82 Å². The molecule has 0 spiro atoms. The molecule has 0 aliphatic heterocycles. The number of nitrogens with zero attached hydrogens (tertiary/aromatic N) is 1. The molecule has 0 aliphatic carbocycles. The summed E-state index contributed by atoms with van der Waals surface area (Å²) < 4.78 is 19.0. The van der Waals surface area contributed by atoms with E-state index in [0.29, 0.717) is 24.3 Å². The predicted octanol–water partition coefficient (Wildman–Crippen LogP) is 3.68. The molecule has 1 aromatic rings. The van der Waals surface area contributed by atoms with E-state index in [4.69, 9.17) is 10.5 Å². The standard InChI is InChI=1S/C15H25FN2O/c1-6-19-15-9-14(13(17)8-12(15)16)18(5)11(4)7-10(2)3/h8-11H,6-7,17H2,1-5H3. The first-order chi connectivity index (χ1) is 8.86. The first-order valence-corrected chi connectivity index (χ1v) is 6.81. The van der Waals surface area contributed by atoms with Gasteiger partial charge in [0.2, 0.25) is 0 Å². The van der Waals surface area contributed by atoms with Crippen molar-refractivity contribution in [2.75, 3.05) is 24.3 Å². The zero-order valence-corrected chi connectivity index (χ0v) is 12.5.